The van der Waals surface area contributed by atoms with Crippen molar-refractivity contribution in [3.63, 3.8) is 0 Å². The van der Waals surface area contributed by atoms with Gasteiger partial charge in [-0.05, 0) is 30.4 Å². The van der Waals surface area contributed by atoms with Crippen LogP contribution in [0.15, 0.2) is 36.7 Å². The predicted molar refractivity (Wildman–Crippen MR) is 79.2 cm³/mol. The zero-order valence-corrected chi connectivity index (χ0v) is 12.5. The molecule has 1 atom stereocenters. The molecule has 1 aromatic heterocycles. The largest absolute Gasteiger partial charge is 0.338 e. The molecule has 0 fully saturated rings. The van der Waals surface area contributed by atoms with Crippen molar-refractivity contribution < 1.29 is 0 Å². The Morgan fingerprint density at radius 2 is 2.11 bits per heavy atom. The minimum atomic E-state index is 0.558. The number of rotatable bonds is 5. The van der Waals surface area contributed by atoms with Gasteiger partial charge in [-0.25, -0.2) is 4.98 Å². The van der Waals surface area contributed by atoms with Crippen molar-refractivity contribution in [2.45, 2.75) is 25.7 Å². The number of imidazole rings is 1. The van der Waals surface area contributed by atoms with E-state index in [1.807, 2.05) is 12.4 Å². The number of hydrogen-bond acceptors (Lipinski definition) is 1. The average Bonchev–Trinajstić information content (AvgIpc) is 2.78. The molecule has 1 aromatic carbocycles. The lowest BCUT2D eigenvalue weighted by atomic mass is 9.92. The molecule has 0 saturated carbocycles. The number of hydrogen-bond donors (Lipinski definition) is 0. The van der Waals surface area contributed by atoms with Gasteiger partial charge >= 0.3 is 0 Å². The van der Waals surface area contributed by atoms with Crippen molar-refractivity contribution in [2.75, 3.05) is 5.33 Å². The number of nitrogens with zero attached hydrogens (tertiary/aromatic N) is 2. The summed E-state index contributed by atoms with van der Waals surface area (Å²) in [6.45, 7) is 2.19. The molecule has 0 bridgehead atoms. The Morgan fingerprint density at radius 1 is 1.33 bits per heavy atom. The summed E-state index contributed by atoms with van der Waals surface area (Å²) in [7, 11) is 2.05. The maximum Gasteiger partial charge on any atom is 0.108 e. The first-order valence-corrected chi connectivity index (χ1v) is 7.42. The molecule has 2 aromatic rings. The van der Waals surface area contributed by atoms with E-state index in [0.717, 1.165) is 24.0 Å². The normalized spacial score (nSPS) is 12.6. The summed E-state index contributed by atoms with van der Waals surface area (Å²) in [5.41, 5.74) is 2.82. The number of benzene rings is 1. The summed E-state index contributed by atoms with van der Waals surface area (Å²) in [4.78, 5) is 4.39. The van der Waals surface area contributed by atoms with E-state index in [0.29, 0.717) is 5.92 Å². The van der Waals surface area contributed by atoms with Crippen molar-refractivity contribution >= 4 is 15.9 Å². The lowest BCUT2D eigenvalue weighted by Crippen LogP contribution is -2.06. The van der Waals surface area contributed by atoms with Crippen LogP contribution in [0.25, 0.3) is 0 Å². The number of aromatic nitrogens is 2. The van der Waals surface area contributed by atoms with Crippen molar-refractivity contribution in [3.05, 3.63) is 53.6 Å². The fraction of sp³-hybridized carbons (Fsp3) is 0.400. The van der Waals surface area contributed by atoms with Crippen LogP contribution >= 0.6 is 15.9 Å². The Hall–Kier alpha value is -1.09. The van der Waals surface area contributed by atoms with Gasteiger partial charge in [0.1, 0.15) is 5.82 Å². The Bertz CT molecular complexity index is 505. The van der Waals surface area contributed by atoms with Gasteiger partial charge in [-0.15, -0.1) is 0 Å². The first-order valence-electron chi connectivity index (χ1n) is 6.30. The van der Waals surface area contributed by atoms with Gasteiger partial charge in [-0.2, -0.15) is 0 Å². The van der Waals surface area contributed by atoms with Crippen LogP contribution in [0, 0.1) is 6.92 Å². The molecule has 3 heteroatoms. The second-order valence-corrected chi connectivity index (χ2v) is 5.35. The second kappa shape index (κ2) is 6.19. The van der Waals surface area contributed by atoms with Crippen LogP contribution in [0.1, 0.15) is 29.3 Å². The maximum atomic E-state index is 4.39. The monoisotopic (exact) mass is 306 g/mol. The van der Waals surface area contributed by atoms with Crippen LogP contribution in [0.5, 0.6) is 0 Å². The highest BCUT2D eigenvalue weighted by molar-refractivity contribution is 9.09. The molecule has 0 aliphatic heterocycles. The van der Waals surface area contributed by atoms with E-state index in [-0.39, 0.29) is 0 Å². The van der Waals surface area contributed by atoms with Crippen molar-refractivity contribution in [1.29, 1.82) is 0 Å². The molecule has 18 heavy (non-hydrogen) atoms. The second-order valence-electron chi connectivity index (χ2n) is 4.70. The fourth-order valence-electron chi connectivity index (χ4n) is 2.30. The molecule has 0 aliphatic rings. The van der Waals surface area contributed by atoms with Gasteiger partial charge in [0.25, 0.3) is 0 Å². The van der Waals surface area contributed by atoms with Crippen LogP contribution in [0.4, 0.5) is 0 Å². The summed E-state index contributed by atoms with van der Waals surface area (Å²) in [6, 6.07) is 8.65. The average molecular weight is 307 g/mol. The highest BCUT2D eigenvalue weighted by Crippen LogP contribution is 2.26. The van der Waals surface area contributed by atoms with Crippen molar-refractivity contribution in [2.24, 2.45) is 7.05 Å². The highest BCUT2D eigenvalue weighted by Gasteiger charge is 2.13. The molecular formula is C15H19BrN2. The summed E-state index contributed by atoms with van der Waals surface area (Å²) in [5, 5.41) is 1.00. The van der Waals surface area contributed by atoms with E-state index in [4.69, 9.17) is 0 Å². The van der Waals surface area contributed by atoms with Crippen molar-refractivity contribution in [1.82, 2.24) is 9.55 Å². The lowest BCUT2D eigenvalue weighted by Gasteiger charge is -2.16. The summed E-state index contributed by atoms with van der Waals surface area (Å²) < 4.78 is 2.10. The summed E-state index contributed by atoms with van der Waals surface area (Å²) >= 11 is 3.64. The van der Waals surface area contributed by atoms with E-state index in [1.165, 1.54) is 11.1 Å². The third-order valence-corrected chi connectivity index (χ3v) is 4.23. The molecule has 1 unspecified atom stereocenters. The molecular weight excluding hydrogens is 288 g/mol. The summed E-state index contributed by atoms with van der Waals surface area (Å²) in [6.07, 6.45) is 6.02. The molecule has 0 N–H and O–H groups in total. The minimum absolute atomic E-state index is 0.558. The zero-order chi connectivity index (χ0) is 13.0. The van der Waals surface area contributed by atoms with Gasteiger partial charge in [-0.3, -0.25) is 0 Å². The van der Waals surface area contributed by atoms with E-state index in [9.17, 15) is 0 Å². The molecule has 0 aliphatic carbocycles. The van der Waals surface area contributed by atoms with Gasteiger partial charge in [0.2, 0.25) is 0 Å². The Kier molecular flexibility index (Phi) is 4.59. The number of halogens is 1. The Balaban J connectivity index is 2.07. The molecule has 0 saturated heterocycles. The van der Waals surface area contributed by atoms with Gasteiger partial charge in [-0.1, -0.05) is 40.2 Å². The third-order valence-electron chi connectivity index (χ3n) is 3.45. The van der Waals surface area contributed by atoms with Crippen LogP contribution < -0.4 is 0 Å². The predicted octanol–water partition coefficient (Wildman–Crippen LogP) is 3.84. The number of aryl methyl sites for hydroxylation is 3. The van der Waals surface area contributed by atoms with Crippen LogP contribution in [-0.4, -0.2) is 14.9 Å². The van der Waals surface area contributed by atoms with Crippen molar-refractivity contribution in [3.8, 4) is 0 Å². The zero-order valence-electron chi connectivity index (χ0n) is 10.9. The van der Waals surface area contributed by atoms with E-state index in [1.54, 1.807) is 0 Å². The molecule has 96 valence electrons. The number of alkyl halides is 1. The molecule has 2 nitrogen and oxygen atoms in total. The lowest BCUT2D eigenvalue weighted by molar-refractivity contribution is 0.648. The van der Waals surface area contributed by atoms with Gasteiger partial charge in [0, 0.05) is 31.2 Å². The topological polar surface area (TPSA) is 17.8 Å². The quantitative estimate of drug-likeness (QED) is 0.767. The fourth-order valence-corrected chi connectivity index (χ4v) is 2.97. The van der Waals surface area contributed by atoms with E-state index in [2.05, 4.69) is 63.7 Å². The Morgan fingerprint density at radius 3 is 2.72 bits per heavy atom. The van der Waals surface area contributed by atoms with E-state index >= 15 is 0 Å². The van der Waals surface area contributed by atoms with Gasteiger partial charge in [0.15, 0.2) is 0 Å². The van der Waals surface area contributed by atoms with Gasteiger partial charge < -0.3 is 4.57 Å². The molecule has 0 spiro atoms. The van der Waals surface area contributed by atoms with Crippen LogP contribution in [0.3, 0.4) is 0 Å². The first kappa shape index (κ1) is 13.3. The van der Waals surface area contributed by atoms with Crippen LogP contribution in [-0.2, 0) is 13.5 Å². The SMILES string of the molecule is Cc1ccccc1C(CBr)CCc1nccn1C. The smallest absolute Gasteiger partial charge is 0.108 e. The highest BCUT2D eigenvalue weighted by atomic mass is 79.9. The summed E-state index contributed by atoms with van der Waals surface area (Å²) in [5.74, 6) is 1.72. The standard InChI is InChI=1S/C15H19BrN2/c1-12-5-3-4-6-14(12)13(11-16)7-8-15-17-9-10-18(15)2/h3-6,9-10,13H,7-8,11H2,1-2H3. The molecule has 0 amide bonds. The first-order chi connectivity index (χ1) is 8.72. The molecule has 2 rings (SSSR count). The van der Waals surface area contributed by atoms with E-state index < -0.39 is 0 Å². The van der Waals surface area contributed by atoms with Crippen LogP contribution in [0.2, 0.25) is 0 Å². The molecule has 1 heterocycles. The maximum absolute atomic E-state index is 4.39. The third kappa shape index (κ3) is 3.02. The Labute approximate surface area is 117 Å². The van der Waals surface area contributed by atoms with Gasteiger partial charge in [0.05, 0.1) is 0 Å². The molecule has 0 radical (unpaired) electrons. The minimum Gasteiger partial charge on any atom is -0.338 e.